The number of amides is 3. The number of phenols is 1. The Balaban J connectivity index is 0.000000178. The molecule has 2 aliphatic rings. The summed E-state index contributed by atoms with van der Waals surface area (Å²) in [5, 5.41) is 22.0. The molecule has 4 heterocycles. The van der Waals surface area contributed by atoms with Crippen LogP contribution in [0.25, 0.3) is 21.8 Å². The monoisotopic (exact) mass is 925 g/mol. The zero-order chi connectivity index (χ0) is 48.3. The van der Waals surface area contributed by atoms with E-state index in [1.165, 1.54) is 30.5 Å². The number of rotatable bonds is 12. The molecule has 2 aromatic heterocycles. The molecule has 0 bridgehead atoms. The maximum absolute atomic E-state index is 13.9. The van der Waals surface area contributed by atoms with Crippen molar-refractivity contribution in [1.82, 2.24) is 24.7 Å². The second-order valence-electron chi connectivity index (χ2n) is 16.6. The van der Waals surface area contributed by atoms with Gasteiger partial charge in [0, 0.05) is 73.6 Å². The van der Waals surface area contributed by atoms with Gasteiger partial charge in [0.25, 0.3) is 17.7 Å². The Morgan fingerprint density at radius 3 is 1.59 bits per heavy atom. The van der Waals surface area contributed by atoms with Gasteiger partial charge in [0.2, 0.25) is 0 Å². The average molecular weight is 926 g/mol. The van der Waals surface area contributed by atoms with E-state index in [1.54, 1.807) is 69.4 Å². The molecule has 3 amide bonds. The number of phenolic OH excluding ortho intramolecular Hbond substituents is 1. The summed E-state index contributed by atoms with van der Waals surface area (Å²) in [5.41, 5.74) is 5.43. The highest BCUT2D eigenvalue weighted by molar-refractivity contribution is 6.16. The fourth-order valence-corrected chi connectivity index (χ4v) is 9.14. The highest BCUT2D eigenvalue weighted by Crippen LogP contribution is 2.44. The SMILES string of the molecule is CCN(CC)C(=O)c1c2c(c(O)c3ncccc13)C(=O)N(Cc1ccc(F)cc1)C2.O=C(O)c1c2c(c(OC(c3ccccc3)c3ccccc3)c3ncccc13)C(=O)N(Cc1ccc(F)cc1)C2. The maximum Gasteiger partial charge on any atom is 0.336 e. The molecule has 69 heavy (non-hydrogen) atoms. The van der Waals surface area contributed by atoms with Crippen LogP contribution < -0.4 is 4.74 Å². The molecule has 346 valence electrons. The Morgan fingerprint density at radius 1 is 0.638 bits per heavy atom. The Hall–Kier alpha value is -8.52. The Morgan fingerprint density at radius 2 is 1.10 bits per heavy atom. The first-order valence-electron chi connectivity index (χ1n) is 22.4. The van der Waals surface area contributed by atoms with Gasteiger partial charge in [-0.1, -0.05) is 97.1 Å². The number of nitrogens with zero attached hydrogens (tertiary/aromatic N) is 5. The summed E-state index contributed by atoms with van der Waals surface area (Å²) in [4.78, 5) is 66.5. The van der Waals surface area contributed by atoms with E-state index in [9.17, 15) is 38.2 Å². The number of carbonyl (C=O) groups is 4. The first kappa shape index (κ1) is 45.6. The normalized spacial score (nSPS) is 12.8. The van der Waals surface area contributed by atoms with Crippen molar-refractivity contribution in [2.75, 3.05) is 13.1 Å². The lowest BCUT2D eigenvalue weighted by Crippen LogP contribution is -2.31. The zero-order valence-electron chi connectivity index (χ0n) is 37.6. The summed E-state index contributed by atoms with van der Waals surface area (Å²) < 4.78 is 33.4. The molecule has 0 aliphatic carbocycles. The third-order valence-corrected chi connectivity index (χ3v) is 12.5. The van der Waals surface area contributed by atoms with Gasteiger partial charge in [-0.3, -0.25) is 24.4 Å². The molecule has 0 saturated carbocycles. The van der Waals surface area contributed by atoms with E-state index in [0.29, 0.717) is 46.1 Å². The number of pyridine rings is 2. The molecule has 6 aromatic carbocycles. The van der Waals surface area contributed by atoms with E-state index in [-0.39, 0.29) is 89.2 Å². The quantitative estimate of drug-likeness (QED) is 0.122. The number of hydrogen-bond donors (Lipinski definition) is 2. The standard InChI is InChI=1S/C32H23FN2O4.C23H22FN3O3/c33-23-15-13-20(14-16-23)18-35-19-25-26(32(37)38)24-12-7-17-34-28(24)30(27(25)31(35)36)39-29(21-8-3-1-4-9-21)22-10-5-2-6-11-22;1-3-26(4-2)22(29)18-16-6-5-11-25-20(16)21(28)19-17(18)13-27(23(19)30)12-14-7-9-15(24)10-8-14/h1-17,29H,18-19H2,(H,37,38);5-11,28H,3-4,12-13H2,1-2H3. The Bertz CT molecular complexity index is 3220. The fourth-order valence-electron chi connectivity index (χ4n) is 9.14. The van der Waals surface area contributed by atoms with Gasteiger partial charge in [-0.2, -0.15) is 0 Å². The van der Waals surface area contributed by atoms with Gasteiger partial charge in [0.15, 0.2) is 11.5 Å². The number of ether oxygens (including phenoxy) is 1. The van der Waals surface area contributed by atoms with Gasteiger partial charge in [-0.25, -0.2) is 13.6 Å². The van der Waals surface area contributed by atoms with E-state index in [2.05, 4.69) is 9.97 Å². The molecule has 0 saturated heterocycles. The van der Waals surface area contributed by atoms with Crippen molar-refractivity contribution < 1.29 is 42.9 Å². The van der Waals surface area contributed by atoms with Gasteiger partial charge in [-0.15, -0.1) is 0 Å². The summed E-state index contributed by atoms with van der Waals surface area (Å²) in [7, 11) is 0. The lowest BCUT2D eigenvalue weighted by Gasteiger charge is -2.23. The molecule has 0 atom stereocenters. The molecular formula is C55H45F2N5O7. The van der Waals surface area contributed by atoms with Gasteiger partial charge >= 0.3 is 5.97 Å². The first-order valence-corrected chi connectivity index (χ1v) is 22.4. The van der Waals surface area contributed by atoms with E-state index < -0.39 is 12.1 Å². The van der Waals surface area contributed by atoms with Crippen molar-refractivity contribution in [2.24, 2.45) is 0 Å². The number of carboxylic acids is 1. The van der Waals surface area contributed by atoms with E-state index in [1.807, 2.05) is 74.5 Å². The van der Waals surface area contributed by atoms with Gasteiger partial charge in [0.1, 0.15) is 28.8 Å². The van der Waals surface area contributed by atoms with Crippen LogP contribution in [0, 0.1) is 11.6 Å². The minimum absolute atomic E-state index is 0.0337. The number of aromatic carboxylic acids is 1. The highest BCUT2D eigenvalue weighted by Gasteiger charge is 2.39. The molecular weight excluding hydrogens is 881 g/mol. The number of carbonyl (C=O) groups excluding carboxylic acids is 3. The third kappa shape index (κ3) is 8.80. The molecule has 0 fully saturated rings. The Kier molecular flexibility index (Phi) is 12.8. The lowest BCUT2D eigenvalue weighted by molar-refractivity contribution is 0.0692. The van der Waals surface area contributed by atoms with Crippen LogP contribution in [0.1, 0.15) is 94.8 Å². The molecule has 2 N–H and O–H groups in total. The summed E-state index contributed by atoms with van der Waals surface area (Å²) in [6, 6.07) is 37.9. The molecule has 8 aromatic rings. The smallest absolute Gasteiger partial charge is 0.336 e. The molecule has 0 unspecified atom stereocenters. The van der Waals surface area contributed by atoms with E-state index in [4.69, 9.17) is 4.74 Å². The van der Waals surface area contributed by atoms with Crippen molar-refractivity contribution in [3.8, 4) is 11.5 Å². The minimum atomic E-state index is -1.14. The molecule has 12 nitrogen and oxygen atoms in total. The van der Waals surface area contributed by atoms with Crippen molar-refractivity contribution >= 4 is 45.5 Å². The largest absolute Gasteiger partial charge is 0.505 e. The van der Waals surface area contributed by atoms with Crippen LogP contribution in [0.5, 0.6) is 11.5 Å². The number of carboxylic acid groups (broad SMARTS) is 1. The van der Waals surface area contributed by atoms with E-state index >= 15 is 0 Å². The number of benzene rings is 6. The van der Waals surface area contributed by atoms with Crippen molar-refractivity contribution in [3.05, 3.63) is 213 Å². The van der Waals surface area contributed by atoms with Crippen LogP contribution >= 0.6 is 0 Å². The summed E-state index contributed by atoms with van der Waals surface area (Å²) in [5.74, 6) is -2.74. The van der Waals surface area contributed by atoms with Crippen molar-refractivity contribution in [3.63, 3.8) is 0 Å². The second-order valence-corrected chi connectivity index (χ2v) is 16.6. The number of aromatic hydroxyl groups is 1. The molecule has 10 rings (SSSR count). The average Bonchev–Trinajstić information content (AvgIpc) is 3.86. The highest BCUT2D eigenvalue weighted by atomic mass is 19.1. The summed E-state index contributed by atoms with van der Waals surface area (Å²) >= 11 is 0. The molecule has 0 radical (unpaired) electrons. The van der Waals surface area contributed by atoms with Gasteiger partial charge in [-0.05, 0) is 72.5 Å². The van der Waals surface area contributed by atoms with Crippen LogP contribution in [0.2, 0.25) is 0 Å². The van der Waals surface area contributed by atoms with Crippen LogP contribution in [-0.2, 0) is 26.2 Å². The topological polar surface area (TPSA) is 153 Å². The third-order valence-electron chi connectivity index (χ3n) is 12.5. The fraction of sp³-hybridized carbons (Fsp3) is 0.164. The van der Waals surface area contributed by atoms with Crippen LogP contribution in [0.4, 0.5) is 8.78 Å². The first-order chi connectivity index (χ1) is 33.5. The van der Waals surface area contributed by atoms with Crippen LogP contribution in [-0.4, -0.2) is 71.7 Å². The van der Waals surface area contributed by atoms with Crippen molar-refractivity contribution in [1.29, 1.82) is 0 Å². The number of hydrogen-bond acceptors (Lipinski definition) is 8. The summed E-state index contributed by atoms with van der Waals surface area (Å²) in [6.45, 7) is 5.55. The second kappa shape index (κ2) is 19.4. The minimum Gasteiger partial charge on any atom is -0.505 e. The number of halogens is 2. The summed E-state index contributed by atoms with van der Waals surface area (Å²) in [6.07, 6.45) is 2.51. The number of aromatic nitrogens is 2. The lowest BCUT2D eigenvalue weighted by atomic mass is 9.95. The number of fused-ring (bicyclic) bond motifs is 4. The van der Waals surface area contributed by atoms with Crippen LogP contribution in [0.3, 0.4) is 0 Å². The van der Waals surface area contributed by atoms with Crippen LogP contribution in [0.15, 0.2) is 146 Å². The molecule has 14 heteroatoms. The molecule has 2 aliphatic heterocycles. The van der Waals surface area contributed by atoms with Gasteiger partial charge in [0.05, 0.1) is 22.3 Å². The zero-order valence-corrected chi connectivity index (χ0v) is 37.6. The predicted molar refractivity (Wildman–Crippen MR) is 255 cm³/mol. The molecule has 0 spiro atoms. The predicted octanol–water partition coefficient (Wildman–Crippen LogP) is 10.1. The van der Waals surface area contributed by atoms with E-state index in [0.717, 1.165) is 22.3 Å². The van der Waals surface area contributed by atoms with Gasteiger partial charge < -0.3 is 29.6 Å². The van der Waals surface area contributed by atoms with Crippen molar-refractivity contribution in [2.45, 2.75) is 46.1 Å². The Labute approximate surface area is 395 Å². The maximum atomic E-state index is 13.9.